The van der Waals surface area contributed by atoms with Gasteiger partial charge in [0.25, 0.3) is 0 Å². The highest BCUT2D eigenvalue weighted by Crippen LogP contribution is 2.19. The number of aromatic amines is 1. The summed E-state index contributed by atoms with van der Waals surface area (Å²) in [5.41, 5.74) is 0.547. The Balaban J connectivity index is 3.08. The highest BCUT2D eigenvalue weighted by Gasteiger charge is 2.28. The summed E-state index contributed by atoms with van der Waals surface area (Å²) in [5, 5.41) is 10.00. The van der Waals surface area contributed by atoms with E-state index in [0.717, 1.165) is 0 Å². The maximum absolute atomic E-state index is 12.4. The molecule has 0 radical (unpaired) electrons. The van der Waals surface area contributed by atoms with Crippen LogP contribution in [0.15, 0.2) is 4.90 Å². The molecule has 1 aromatic rings. The van der Waals surface area contributed by atoms with Gasteiger partial charge in [-0.3, -0.25) is 5.10 Å². The van der Waals surface area contributed by atoms with Gasteiger partial charge in [-0.15, -0.1) is 0 Å². The predicted octanol–water partition coefficient (Wildman–Crippen LogP) is 1.29. The molecule has 1 aromatic heterocycles. The molecule has 0 aliphatic heterocycles. The van der Waals surface area contributed by atoms with Gasteiger partial charge in [-0.1, -0.05) is 13.8 Å². The topological polar surface area (TPSA) is 86.9 Å². The third kappa shape index (κ3) is 4.59. The molecule has 0 bridgehead atoms. The predicted molar refractivity (Wildman–Crippen MR) is 75.4 cm³/mol. The van der Waals surface area contributed by atoms with Crippen LogP contribution in [0.2, 0.25) is 0 Å². The molecule has 0 unspecified atom stereocenters. The molecule has 0 amide bonds. The van der Waals surface area contributed by atoms with Gasteiger partial charge in [-0.05, 0) is 27.7 Å². The van der Waals surface area contributed by atoms with Gasteiger partial charge in [0, 0.05) is 18.1 Å². The number of nitrogens with one attached hydrogen (secondary N) is 3. The lowest BCUT2D eigenvalue weighted by Crippen LogP contribution is -2.41. The highest BCUT2D eigenvalue weighted by atomic mass is 32.2. The van der Waals surface area contributed by atoms with Crippen LogP contribution in [0.3, 0.4) is 0 Å². The molecule has 19 heavy (non-hydrogen) atoms. The summed E-state index contributed by atoms with van der Waals surface area (Å²) in [6.07, 6.45) is 0. The van der Waals surface area contributed by atoms with Crippen molar-refractivity contribution in [1.82, 2.24) is 20.2 Å². The Morgan fingerprint density at radius 3 is 2.37 bits per heavy atom. The summed E-state index contributed by atoms with van der Waals surface area (Å²) in [5.74, 6) is 0. The summed E-state index contributed by atoms with van der Waals surface area (Å²) < 4.78 is 27.4. The van der Waals surface area contributed by atoms with Crippen LogP contribution in [-0.4, -0.2) is 30.2 Å². The molecule has 1 heterocycles. The van der Waals surface area contributed by atoms with E-state index in [1.165, 1.54) is 0 Å². The second-order valence-corrected chi connectivity index (χ2v) is 7.63. The Labute approximate surface area is 115 Å². The van der Waals surface area contributed by atoms with Crippen LogP contribution in [0.5, 0.6) is 0 Å². The van der Waals surface area contributed by atoms with Crippen LogP contribution in [0, 0.1) is 6.92 Å². The first-order valence-corrected chi connectivity index (χ1v) is 7.82. The van der Waals surface area contributed by atoms with E-state index in [1.807, 2.05) is 34.6 Å². The summed E-state index contributed by atoms with van der Waals surface area (Å²) in [6.45, 7) is 11.6. The molecule has 3 N–H and O–H groups in total. The second-order valence-electron chi connectivity index (χ2n) is 6.02. The second kappa shape index (κ2) is 5.60. The van der Waals surface area contributed by atoms with Crippen LogP contribution in [-0.2, 0) is 16.6 Å². The number of H-pyrrole nitrogens is 1. The monoisotopic (exact) mass is 288 g/mol. The van der Waals surface area contributed by atoms with Gasteiger partial charge in [-0.2, -0.15) is 5.10 Å². The van der Waals surface area contributed by atoms with Crippen LogP contribution in [0.25, 0.3) is 0 Å². The zero-order valence-corrected chi connectivity index (χ0v) is 13.3. The van der Waals surface area contributed by atoms with Gasteiger partial charge in [0.15, 0.2) is 0 Å². The SMILES string of the molecule is Cc1[nH]nc(CNC(C)C)c1S(=O)(=O)NC(C)(C)C. The van der Waals surface area contributed by atoms with E-state index < -0.39 is 15.6 Å². The van der Waals surface area contributed by atoms with Gasteiger partial charge in [-0.25, -0.2) is 13.1 Å². The van der Waals surface area contributed by atoms with Gasteiger partial charge in [0.05, 0.1) is 11.4 Å². The Morgan fingerprint density at radius 2 is 1.89 bits per heavy atom. The fourth-order valence-electron chi connectivity index (χ4n) is 1.70. The van der Waals surface area contributed by atoms with Crippen LogP contribution < -0.4 is 10.0 Å². The molecule has 0 aliphatic rings. The minimum atomic E-state index is -3.57. The molecule has 0 spiro atoms. The van der Waals surface area contributed by atoms with Crippen LogP contribution in [0.4, 0.5) is 0 Å². The van der Waals surface area contributed by atoms with E-state index in [0.29, 0.717) is 17.9 Å². The quantitative estimate of drug-likeness (QED) is 0.762. The van der Waals surface area contributed by atoms with Crippen molar-refractivity contribution in [2.75, 3.05) is 0 Å². The molecule has 0 fully saturated rings. The molecule has 0 saturated heterocycles. The fraction of sp³-hybridized carbons (Fsp3) is 0.750. The first-order valence-electron chi connectivity index (χ1n) is 6.34. The molecule has 0 aliphatic carbocycles. The average molecular weight is 288 g/mol. The van der Waals surface area contributed by atoms with E-state index in [9.17, 15) is 8.42 Å². The molecule has 1 rings (SSSR count). The normalized spacial score (nSPS) is 13.2. The van der Waals surface area contributed by atoms with Gasteiger partial charge < -0.3 is 5.32 Å². The largest absolute Gasteiger partial charge is 0.309 e. The standard InChI is InChI=1S/C12H24N4O2S/c1-8(2)13-7-10-11(9(3)14-15-10)19(17,18)16-12(4,5)6/h8,13,16H,7H2,1-6H3,(H,14,15). The number of rotatable bonds is 5. The lowest BCUT2D eigenvalue weighted by molar-refractivity contribution is 0.489. The van der Waals surface area contributed by atoms with E-state index in [2.05, 4.69) is 20.2 Å². The van der Waals surface area contributed by atoms with Gasteiger partial charge in [0.1, 0.15) is 4.90 Å². The first kappa shape index (κ1) is 16.1. The number of aryl methyl sites for hydroxylation is 1. The molecular formula is C12H24N4O2S. The van der Waals surface area contributed by atoms with Crippen LogP contribution in [0.1, 0.15) is 46.0 Å². The van der Waals surface area contributed by atoms with Crippen molar-refractivity contribution in [3.63, 3.8) is 0 Å². The summed E-state index contributed by atoms with van der Waals surface area (Å²) in [7, 11) is -3.57. The van der Waals surface area contributed by atoms with E-state index >= 15 is 0 Å². The minimum Gasteiger partial charge on any atom is -0.309 e. The van der Waals surface area contributed by atoms with Gasteiger partial charge in [0.2, 0.25) is 10.0 Å². The van der Waals surface area contributed by atoms with E-state index in [1.54, 1.807) is 6.92 Å². The van der Waals surface area contributed by atoms with Crippen molar-refractivity contribution in [3.05, 3.63) is 11.4 Å². The zero-order valence-electron chi connectivity index (χ0n) is 12.5. The number of sulfonamides is 1. The lowest BCUT2D eigenvalue weighted by Gasteiger charge is -2.20. The van der Waals surface area contributed by atoms with Crippen LogP contribution >= 0.6 is 0 Å². The molecule has 0 atom stereocenters. The van der Waals surface area contributed by atoms with Gasteiger partial charge >= 0.3 is 0 Å². The van der Waals surface area contributed by atoms with Crippen molar-refractivity contribution >= 4 is 10.0 Å². The maximum Gasteiger partial charge on any atom is 0.244 e. The molecule has 6 nitrogen and oxygen atoms in total. The van der Waals surface area contributed by atoms with E-state index in [-0.39, 0.29) is 10.9 Å². The molecule has 7 heteroatoms. The maximum atomic E-state index is 12.4. The Bertz CT molecular complexity index is 526. The number of aromatic nitrogens is 2. The zero-order chi connectivity index (χ0) is 14.8. The summed E-state index contributed by atoms with van der Waals surface area (Å²) in [4.78, 5) is 0.246. The number of nitrogens with zero attached hydrogens (tertiary/aromatic N) is 1. The molecule has 0 saturated carbocycles. The number of hydrogen-bond donors (Lipinski definition) is 3. The summed E-state index contributed by atoms with van der Waals surface area (Å²) >= 11 is 0. The Hall–Kier alpha value is -0.920. The van der Waals surface area contributed by atoms with E-state index in [4.69, 9.17) is 0 Å². The minimum absolute atomic E-state index is 0.246. The fourth-order valence-corrected chi connectivity index (χ4v) is 3.49. The van der Waals surface area contributed by atoms with Crippen molar-refractivity contribution in [1.29, 1.82) is 0 Å². The van der Waals surface area contributed by atoms with Crippen molar-refractivity contribution in [3.8, 4) is 0 Å². The van der Waals surface area contributed by atoms with Crippen molar-refractivity contribution < 1.29 is 8.42 Å². The summed E-state index contributed by atoms with van der Waals surface area (Å²) in [6, 6.07) is 0.267. The lowest BCUT2D eigenvalue weighted by atomic mass is 10.1. The average Bonchev–Trinajstić information content (AvgIpc) is 2.53. The first-order chi connectivity index (χ1) is 8.53. The van der Waals surface area contributed by atoms with Crippen molar-refractivity contribution in [2.24, 2.45) is 0 Å². The molecule has 0 aromatic carbocycles. The smallest absolute Gasteiger partial charge is 0.244 e. The Morgan fingerprint density at radius 1 is 1.32 bits per heavy atom. The van der Waals surface area contributed by atoms with Crippen molar-refractivity contribution in [2.45, 2.75) is 64.6 Å². The molecular weight excluding hydrogens is 264 g/mol. The third-order valence-electron chi connectivity index (χ3n) is 2.35. The highest BCUT2D eigenvalue weighted by molar-refractivity contribution is 7.89. The molecule has 110 valence electrons. The third-order valence-corrected chi connectivity index (χ3v) is 4.31. The number of hydrogen-bond acceptors (Lipinski definition) is 4. The Kier molecular flexibility index (Phi) is 4.76.